The van der Waals surface area contributed by atoms with Crippen molar-refractivity contribution in [3.05, 3.63) is 103 Å². The molecule has 11 heteroatoms. The Hall–Kier alpha value is -4.84. The van der Waals surface area contributed by atoms with Crippen LogP contribution in [0.3, 0.4) is 0 Å². The lowest BCUT2D eigenvalue weighted by Crippen LogP contribution is -2.67. The smallest absolute Gasteiger partial charge is 0.272 e. The first-order chi connectivity index (χ1) is 23.2. The lowest BCUT2D eigenvalue weighted by atomic mass is 10.2. The maximum atomic E-state index is 13.6. The van der Waals surface area contributed by atoms with Gasteiger partial charge >= 0.3 is 0 Å². The quantitative estimate of drug-likeness (QED) is 0.215. The molecule has 0 unspecified atom stereocenters. The van der Waals surface area contributed by atoms with E-state index < -0.39 is 8.32 Å². The van der Waals surface area contributed by atoms with Gasteiger partial charge in [0.1, 0.15) is 22.8 Å². The second-order valence-electron chi connectivity index (χ2n) is 13.2. The number of nitrogens with zero attached hydrogens (tertiary/aromatic N) is 5. The first-order valence-corrected chi connectivity index (χ1v) is 18.3. The molecule has 5 heterocycles. The molecular weight excluding hydrogens is 621 g/mol. The Kier molecular flexibility index (Phi) is 8.59. The topological polar surface area (TPSA) is 107 Å². The summed E-state index contributed by atoms with van der Waals surface area (Å²) >= 11 is 0. The summed E-state index contributed by atoms with van der Waals surface area (Å²) in [6.45, 7) is 11.9. The number of rotatable bonds is 9. The molecule has 7 rings (SSSR count). The SMILES string of the molecule is C[C@@H](CO[Si](c1ccccc1)(c1ccccc1)C(C)(C)C)NC(=O)c1ccc2ncc(-c3cc4c(N5CCOCC5)nccc4o3)n2n1. The molecule has 1 atom stereocenters. The molecule has 1 aliphatic rings. The molecule has 246 valence electrons. The minimum Gasteiger partial charge on any atom is -0.454 e. The van der Waals surface area contributed by atoms with Crippen molar-refractivity contribution in [3.63, 3.8) is 0 Å². The molecule has 2 aromatic carbocycles. The highest BCUT2D eigenvalue weighted by atomic mass is 28.4. The van der Waals surface area contributed by atoms with Gasteiger partial charge in [0, 0.05) is 25.3 Å². The maximum absolute atomic E-state index is 13.6. The summed E-state index contributed by atoms with van der Waals surface area (Å²) in [5.74, 6) is 1.16. The molecule has 1 amide bonds. The minimum atomic E-state index is -2.75. The van der Waals surface area contributed by atoms with Gasteiger partial charge in [0.15, 0.2) is 11.4 Å². The number of anilines is 1. The summed E-state index contributed by atoms with van der Waals surface area (Å²) in [5, 5.41) is 10.9. The third kappa shape index (κ3) is 5.89. The Bertz CT molecular complexity index is 1990. The predicted molar refractivity (Wildman–Crippen MR) is 190 cm³/mol. The molecule has 0 spiro atoms. The highest BCUT2D eigenvalue weighted by molar-refractivity contribution is 6.99. The van der Waals surface area contributed by atoms with Crippen LogP contribution in [0.1, 0.15) is 38.2 Å². The van der Waals surface area contributed by atoms with Crippen molar-refractivity contribution in [2.24, 2.45) is 0 Å². The van der Waals surface area contributed by atoms with Gasteiger partial charge in [-0.05, 0) is 46.6 Å². The number of hydrogen-bond donors (Lipinski definition) is 1. The van der Waals surface area contributed by atoms with Crippen molar-refractivity contribution in [2.75, 3.05) is 37.8 Å². The fourth-order valence-electron chi connectivity index (χ4n) is 6.62. The zero-order chi connectivity index (χ0) is 33.3. The average molecular weight is 661 g/mol. The number of benzene rings is 2. The van der Waals surface area contributed by atoms with Gasteiger partial charge < -0.3 is 23.8 Å². The molecule has 0 aliphatic carbocycles. The largest absolute Gasteiger partial charge is 0.454 e. The van der Waals surface area contributed by atoms with Crippen LogP contribution in [-0.4, -0.2) is 72.8 Å². The van der Waals surface area contributed by atoms with Gasteiger partial charge in [-0.25, -0.2) is 14.5 Å². The normalized spacial score (nSPS) is 14.8. The van der Waals surface area contributed by atoms with E-state index in [1.807, 2.05) is 31.2 Å². The van der Waals surface area contributed by atoms with E-state index in [-0.39, 0.29) is 22.7 Å². The predicted octanol–water partition coefficient (Wildman–Crippen LogP) is 5.07. The Balaban J connectivity index is 1.13. The lowest BCUT2D eigenvalue weighted by Gasteiger charge is -2.43. The van der Waals surface area contributed by atoms with Crippen LogP contribution >= 0.6 is 0 Å². The van der Waals surface area contributed by atoms with Gasteiger partial charge in [-0.1, -0.05) is 81.4 Å². The van der Waals surface area contributed by atoms with Crippen LogP contribution in [-0.2, 0) is 9.16 Å². The summed E-state index contributed by atoms with van der Waals surface area (Å²) in [5.41, 5.74) is 2.24. The standard InChI is InChI=1S/C37H40N6O4Si/c1-26(25-46-48(37(2,3)4,27-11-7-5-8-12-27)28-13-9-6-10-14-28)40-36(44)30-15-16-34-39-24-31(43(34)41-30)33-23-29-32(47-33)17-18-38-35(29)42-19-21-45-22-20-42/h5-18,23-24,26H,19-22,25H2,1-4H3,(H,40,44)/t26-/m0/s1. The van der Waals surface area contributed by atoms with Crippen LogP contribution in [0.15, 0.2) is 102 Å². The van der Waals surface area contributed by atoms with Crippen LogP contribution in [0.4, 0.5) is 5.82 Å². The number of fused-ring (bicyclic) bond motifs is 2. The van der Waals surface area contributed by atoms with Crippen molar-refractivity contribution in [2.45, 2.75) is 38.8 Å². The van der Waals surface area contributed by atoms with Crippen molar-refractivity contribution in [1.82, 2.24) is 24.9 Å². The number of carbonyl (C=O) groups is 1. The Morgan fingerprint density at radius 2 is 1.65 bits per heavy atom. The van der Waals surface area contributed by atoms with Crippen LogP contribution in [0.25, 0.3) is 28.1 Å². The Morgan fingerprint density at radius 3 is 2.31 bits per heavy atom. The van der Waals surface area contributed by atoms with Crippen LogP contribution in [0, 0.1) is 0 Å². The number of hydrogen-bond acceptors (Lipinski definition) is 8. The first-order valence-electron chi connectivity index (χ1n) is 16.4. The number of furan rings is 1. The highest BCUT2D eigenvalue weighted by Gasteiger charge is 2.50. The van der Waals surface area contributed by atoms with E-state index in [1.54, 1.807) is 29.0 Å². The summed E-state index contributed by atoms with van der Waals surface area (Å²) in [6.07, 6.45) is 3.47. The number of pyridine rings is 1. The lowest BCUT2D eigenvalue weighted by molar-refractivity contribution is 0.0918. The van der Waals surface area contributed by atoms with Crippen LogP contribution in [0.5, 0.6) is 0 Å². The van der Waals surface area contributed by atoms with Crippen LogP contribution in [0.2, 0.25) is 5.04 Å². The fraction of sp³-hybridized carbons (Fsp3) is 0.297. The Morgan fingerprint density at radius 1 is 0.958 bits per heavy atom. The van der Waals surface area contributed by atoms with Crippen LogP contribution < -0.4 is 20.6 Å². The average Bonchev–Trinajstić information content (AvgIpc) is 3.73. The van der Waals surface area contributed by atoms with E-state index in [4.69, 9.17) is 18.7 Å². The zero-order valence-corrected chi connectivity index (χ0v) is 28.7. The zero-order valence-electron chi connectivity index (χ0n) is 27.7. The number of nitrogens with one attached hydrogen (secondary N) is 1. The summed E-state index contributed by atoms with van der Waals surface area (Å²) in [7, 11) is -2.75. The molecule has 1 aliphatic heterocycles. The molecule has 0 radical (unpaired) electrons. The van der Waals surface area contributed by atoms with Gasteiger partial charge in [0.05, 0.1) is 31.4 Å². The van der Waals surface area contributed by atoms with Crippen molar-refractivity contribution in [1.29, 1.82) is 0 Å². The van der Waals surface area contributed by atoms with E-state index in [0.29, 0.717) is 36.9 Å². The molecule has 1 N–H and O–H groups in total. The number of ether oxygens (including phenoxy) is 1. The van der Waals surface area contributed by atoms with E-state index in [1.165, 1.54) is 10.4 Å². The highest BCUT2D eigenvalue weighted by Crippen LogP contribution is 2.37. The minimum absolute atomic E-state index is 0.167. The maximum Gasteiger partial charge on any atom is 0.272 e. The summed E-state index contributed by atoms with van der Waals surface area (Å²) < 4.78 is 20.5. The monoisotopic (exact) mass is 660 g/mol. The Labute approximate surface area is 280 Å². The molecule has 1 saturated heterocycles. The van der Waals surface area contributed by atoms with Gasteiger partial charge in [-0.15, -0.1) is 0 Å². The molecule has 4 aromatic heterocycles. The fourth-order valence-corrected chi connectivity index (χ4v) is 11.3. The number of aromatic nitrogens is 4. The molecule has 10 nitrogen and oxygen atoms in total. The van der Waals surface area contributed by atoms with Gasteiger partial charge in [0.2, 0.25) is 0 Å². The van der Waals surface area contributed by atoms with Crippen molar-refractivity contribution in [3.8, 4) is 11.5 Å². The first kappa shape index (κ1) is 31.7. The summed E-state index contributed by atoms with van der Waals surface area (Å²) in [4.78, 5) is 25.0. The number of amides is 1. The second-order valence-corrected chi connectivity index (χ2v) is 17.5. The molecule has 0 bridgehead atoms. The summed E-state index contributed by atoms with van der Waals surface area (Å²) in [6, 6.07) is 28.0. The van der Waals surface area contributed by atoms with E-state index in [0.717, 1.165) is 29.9 Å². The molecular formula is C37H40N6O4Si. The third-order valence-corrected chi connectivity index (χ3v) is 13.9. The number of imidazole rings is 1. The molecule has 6 aromatic rings. The molecule has 0 saturated carbocycles. The van der Waals surface area contributed by atoms with E-state index in [9.17, 15) is 4.79 Å². The molecule has 1 fully saturated rings. The number of morpholine rings is 1. The second kappa shape index (κ2) is 13.0. The third-order valence-electron chi connectivity index (χ3n) is 8.93. The van der Waals surface area contributed by atoms with Gasteiger partial charge in [-0.2, -0.15) is 5.10 Å². The van der Waals surface area contributed by atoms with E-state index >= 15 is 0 Å². The van der Waals surface area contributed by atoms with E-state index in [2.05, 4.69) is 89.5 Å². The van der Waals surface area contributed by atoms with Gasteiger partial charge in [-0.3, -0.25) is 4.79 Å². The molecule has 48 heavy (non-hydrogen) atoms. The van der Waals surface area contributed by atoms with Crippen molar-refractivity contribution < 1.29 is 18.4 Å². The van der Waals surface area contributed by atoms with Crippen molar-refractivity contribution >= 4 is 47.0 Å². The van der Waals surface area contributed by atoms with Gasteiger partial charge in [0.25, 0.3) is 14.2 Å². The number of carbonyl (C=O) groups excluding carboxylic acids is 1.